The van der Waals surface area contributed by atoms with Gasteiger partial charge in [-0.1, -0.05) is 46.3 Å². The van der Waals surface area contributed by atoms with Crippen molar-refractivity contribution in [3.63, 3.8) is 0 Å². The van der Waals surface area contributed by atoms with E-state index in [2.05, 4.69) is 51.0 Å². The van der Waals surface area contributed by atoms with Crippen LogP contribution < -0.4 is 0 Å². The van der Waals surface area contributed by atoms with E-state index in [0.717, 1.165) is 26.9 Å². The third-order valence-electron chi connectivity index (χ3n) is 2.84. The number of hydrogen-bond acceptors (Lipinski definition) is 1. The summed E-state index contributed by atoms with van der Waals surface area (Å²) < 4.78 is 1.05. The van der Waals surface area contributed by atoms with Gasteiger partial charge >= 0.3 is 0 Å². The summed E-state index contributed by atoms with van der Waals surface area (Å²) >= 11 is 3.55. The standard InChI is InChI=1S/C14H11BrN2/c1-9-5-4-8-12-13(9)17-14(16-12)10-6-2-3-7-11(10)15/h2-8H,1H3,(H,16,17). The van der Waals surface area contributed by atoms with Crippen LogP contribution in [0, 0.1) is 6.92 Å². The summed E-state index contributed by atoms with van der Waals surface area (Å²) in [6, 6.07) is 14.3. The van der Waals surface area contributed by atoms with Gasteiger partial charge in [-0.05, 0) is 24.6 Å². The molecule has 0 bridgehead atoms. The number of aryl methyl sites for hydroxylation is 1. The number of hydrogen-bond donors (Lipinski definition) is 1. The van der Waals surface area contributed by atoms with Crippen LogP contribution in [0.15, 0.2) is 46.9 Å². The van der Waals surface area contributed by atoms with E-state index in [1.807, 2.05) is 24.3 Å². The van der Waals surface area contributed by atoms with Crippen molar-refractivity contribution in [1.29, 1.82) is 0 Å². The Labute approximate surface area is 108 Å². The van der Waals surface area contributed by atoms with Gasteiger partial charge in [-0.15, -0.1) is 0 Å². The van der Waals surface area contributed by atoms with Crippen molar-refractivity contribution in [2.24, 2.45) is 0 Å². The lowest BCUT2D eigenvalue weighted by molar-refractivity contribution is 1.32. The molecule has 0 unspecified atom stereocenters. The molecule has 2 nitrogen and oxygen atoms in total. The predicted octanol–water partition coefficient (Wildman–Crippen LogP) is 4.30. The van der Waals surface area contributed by atoms with Gasteiger partial charge in [0.2, 0.25) is 0 Å². The van der Waals surface area contributed by atoms with Gasteiger partial charge in [0.15, 0.2) is 0 Å². The van der Waals surface area contributed by atoms with Crippen molar-refractivity contribution in [2.75, 3.05) is 0 Å². The van der Waals surface area contributed by atoms with Gasteiger partial charge in [0, 0.05) is 10.0 Å². The molecule has 0 amide bonds. The van der Waals surface area contributed by atoms with Gasteiger partial charge in [0.1, 0.15) is 5.82 Å². The predicted molar refractivity (Wildman–Crippen MR) is 74.0 cm³/mol. The monoisotopic (exact) mass is 286 g/mol. The van der Waals surface area contributed by atoms with Crippen molar-refractivity contribution in [2.45, 2.75) is 6.92 Å². The van der Waals surface area contributed by atoms with Crippen LogP contribution in [-0.2, 0) is 0 Å². The first-order chi connectivity index (χ1) is 8.25. The smallest absolute Gasteiger partial charge is 0.139 e. The number of para-hydroxylation sites is 1. The average molecular weight is 287 g/mol. The maximum absolute atomic E-state index is 4.66. The van der Waals surface area contributed by atoms with Crippen molar-refractivity contribution in [3.05, 3.63) is 52.5 Å². The number of imidazole rings is 1. The fraction of sp³-hybridized carbons (Fsp3) is 0.0714. The van der Waals surface area contributed by atoms with Crippen LogP contribution in [0.4, 0.5) is 0 Å². The summed E-state index contributed by atoms with van der Waals surface area (Å²) in [4.78, 5) is 8.01. The molecule has 0 radical (unpaired) electrons. The highest BCUT2D eigenvalue weighted by atomic mass is 79.9. The normalized spacial score (nSPS) is 10.9. The summed E-state index contributed by atoms with van der Waals surface area (Å²) in [5.74, 6) is 0.904. The third-order valence-corrected chi connectivity index (χ3v) is 3.53. The summed E-state index contributed by atoms with van der Waals surface area (Å²) in [5.41, 5.74) is 4.40. The summed E-state index contributed by atoms with van der Waals surface area (Å²) in [6.45, 7) is 2.08. The van der Waals surface area contributed by atoms with Gasteiger partial charge in [-0.3, -0.25) is 0 Å². The van der Waals surface area contributed by atoms with Gasteiger partial charge in [-0.2, -0.15) is 0 Å². The Morgan fingerprint density at radius 1 is 1.06 bits per heavy atom. The van der Waals surface area contributed by atoms with Crippen LogP contribution in [0.1, 0.15) is 5.56 Å². The molecule has 0 saturated heterocycles. The van der Waals surface area contributed by atoms with Gasteiger partial charge in [0.25, 0.3) is 0 Å². The SMILES string of the molecule is Cc1cccc2[nH]c(-c3ccccc3Br)nc12. The minimum absolute atomic E-state index is 0.904. The van der Waals surface area contributed by atoms with Crippen LogP contribution in [0.2, 0.25) is 0 Å². The molecule has 3 rings (SSSR count). The molecule has 17 heavy (non-hydrogen) atoms. The number of halogens is 1. The molecular formula is C14H11BrN2. The van der Waals surface area contributed by atoms with Crippen molar-refractivity contribution < 1.29 is 0 Å². The van der Waals surface area contributed by atoms with Crippen molar-refractivity contribution in [1.82, 2.24) is 9.97 Å². The second-order valence-corrected chi connectivity index (χ2v) is 4.89. The molecule has 0 aliphatic heterocycles. The third kappa shape index (κ3) is 1.76. The number of nitrogens with one attached hydrogen (secondary N) is 1. The Morgan fingerprint density at radius 2 is 1.88 bits per heavy atom. The number of rotatable bonds is 1. The zero-order valence-electron chi connectivity index (χ0n) is 9.37. The molecule has 0 aliphatic rings. The largest absolute Gasteiger partial charge is 0.338 e. The molecular weight excluding hydrogens is 276 g/mol. The molecule has 1 heterocycles. The quantitative estimate of drug-likeness (QED) is 0.710. The zero-order chi connectivity index (χ0) is 11.8. The number of nitrogens with zero attached hydrogens (tertiary/aromatic N) is 1. The molecule has 0 fully saturated rings. The summed E-state index contributed by atoms with van der Waals surface area (Å²) in [7, 11) is 0. The molecule has 3 aromatic rings. The zero-order valence-corrected chi connectivity index (χ0v) is 11.0. The van der Waals surface area contributed by atoms with Crippen LogP contribution in [0.3, 0.4) is 0 Å². The highest BCUT2D eigenvalue weighted by molar-refractivity contribution is 9.10. The molecule has 84 valence electrons. The van der Waals surface area contributed by atoms with Gasteiger partial charge in [0.05, 0.1) is 11.0 Å². The second-order valence-electron chi connectivity index (χ2n) is 4.04. The highest BCUT2D eigenvalue weighted by Gasteiger charge is 2.08. The molecule has 1 aromatic heterocycles. The summed E-state index contributed by atoms with van der Waals surface area (Å²) in [5, 5.41) is 0. The lowest BCUT2D eigenvalue weighted by Crippen LogP contribution is -1.81. The van der Waals surface area contributed by atoms with E-state index in [9.17, 15) is 0 Å². The first kappa shape index (κ1) is 10.5. The van der Waals surface area contributed by atoms with Crippen LogP contribution >= 0.6 is 15.9 Å². The molecule has 1 N–H and O–H groups in total. The minimum Gasteiger partial charge on any atom is -0.338 e. The number of fused-ring (bicyclic) bond motifs is 1. The van der Waals surface area contributed by atoms with Gasteiger partial charge in [-0.25, -0.2) is 4.98 Å². The second kappa shape index (κ2) is 4.00. The van der Waals surface area contributed by atoms with Crippen molar-refractivity contribution >= 4 is 27.0 Å². The Kier molecular flexibility index (Phi) is 2.48. The molecule has 0 spiro atoms. The molecule has 2 aromatic carbocycles. The Morgan fingerprint density at radius 3 is 2.65 bits per heavy atom. The molecule has 0 saturated carbocycles. The van der Waals surface area contributed by atoms with E-state index in [0.29, 0.717) is 0 Å². The number of H-pyrrole nitrogens is 1. The molecule has 3 heteroatoms. The summed E-state index contributed by atoms with van der Waals surface area (Å²) in [6.07, 6.45) is 0. The first-order valence-electron chi connectivity index (χ1n) is 5.46. The Bertz CT molecular complexity index is 686. The van der Waals surface area contributed by atoms with E-state index in [-0.39, 0.29) is 0 Å². The van der Waals surface area contributed by atoms with E-state index < -0.39 is 0 Å². The Balaban J connectivity index is 2.26. The van der Waals surface area contributed by atoms with E-state index >= 15 is 0 Å². The maximum Gasteiger partial charge on any atom is 0.139 e. The van der Waals surface area contributed by atoms with E-state index in [1.54, 1.807) is 0 Å². The van der Waals surface area contributed by atoms with Crippen LogP contribution in [-0.4, -0.2) is 9.97 Å². The number of benzene rings is 2. The topological polar surface area (TPSA) is 28.7 Å². The number of aromatic nitrogens is 2. The lowest BCUT2D eigenvalue weighted by Gasteiger charge is -1.98. The van der Waals surface area contributed by atoms with E-state index in [4.69, 9.17) is 0 Å². The number of aromatic amines is 1. The minimum atomic E-state index is 0.904. The van der Waals surface area contributed by atoms with E-state index in [1.165, 1.54) is 5.56 Å². The first-order valence-corrected chi connectivity index (χ1v) is 6.25. The van der Waals surface area contributed by atoms with Crippen molar-refractivity contribution in [3.8, 4) is 11.4 Å². The molecule has 0 aliphatic carbocycles. The molecule has 0 atom stereocenters. The van der Waals surface area contributed by atoms with Crippen LogP contribution in [0.5, 0.6) is 0 Å². The fourth-order valence-corrected chi connectivity index (χ4v) is 2.43. The average Bonchev–Trinajstić information content (AvgIpc) is 2.75. The Hall–Kier alpha value is -1.61. The van der Waals surface area contributed by atoms with Gasteiger partial charge < -0.3 is 4.98 Å². The maximum atomic E-state index is 4.66. The lowest BCUT2D eigenvalue weighted by atomic mass is 10.2. The van der Waals surface area contributed by atoms with Crippen LogP contribution in [0.25, 0.3) is 22.4 Å². The highest BCUT2D eigenvalue weighted by Crippen LogP contribution is 2.28. The fourth-order valence-electron chi connectivity index (χ4n) is 1.96.